The Kier molecular flexibility index (Phi) is 4.91. The van der Waals surface area contributed by atoms with Crippen LogP contribution in [-0.4, -0.2) is 40.8 Å². The lowest BCUT2D eigenvalue weighted by Crippen LogP contribution is -2.48. The highest BCUT2D eigenvalue weighted by Gasteiger charge is 2.49. The molecule has 3 aliphatic carbocycles. The molecule has 5 fully saturated rings. The first-order valence-corrected chi connectivity index (χ1v) is 11.4. The summed E-state index contributed by atoms with van der Waals surface area (Å²) in [4.78, 5) is 17.1. The molecule has 0 N–H and O–H groups in total. The van der Waals surface area contributed by atoms with Crippen LogP contribution in [0, 0.1) is 29.4 Å². The van der Waals surface area contributed by atoms with Crippen molar-refractivity contribution in [3.05, 3.63) is 41.6 Å². The number of ether oxygens (including phenoxy) is 1. The number of nitrogens with zero attached hydrogens (tertiary/aromatic N) is 3. The van der Waals surface area contributed by atoms with Crippen molar-refractivity contribution in [2.24, 2.45) is 17.8 Å². The number of carbonyl (C=O) groups excluding carboxylic acids is 1. The third kappa shape index (κ3) is 3.83. The summed E-state index contributed by atoms with van der Waals surface area (Å²) in [6.07, 6.45) is -1.32. The summed E-state index contributed by atoms with van der Waals surface area (Å²) in [6, 6.07) is 1.94. The van der Waals surface area contributed by atoms with Gasteiger partial charge in [0.15, 0.2) is 29.5 Å². The van der Waals surface area contributed by atoms with Gasteiger partial charge in [-0.1, -0.05) is 0 Å². The largest absolute Gasteiger partial charge is 0.484 e. The molecule has 182 valence electrons. The van der Waals surface area contributed by atoms with Crippen molar-refractivity contribution >= 4 is 11.6 Å². The Morgan fingerprint density at radius 1 is 1.12 bits per heavy atom. The summed E-state index contributed by atoms with van der Waals surface area (Å²) in [5.74, 6) is -2.53. The van der Waals surface area contributed by atoms with Gasteiger partial charge in [0.05, 0.1) is 11.8 Å². The molecule has 6 nitrogen and oxygen atoms in total. The number of anilines is 1. The van der Waals surface area contributed by atoms with Crippen LogP contribution in [0.15, 0.2) is 22.9 Å². The van der Waals surface area contributed by atoms with Crippen molar-refractivity contribution < 1.29 is 35.9 Å². The Bertz CT molecular complexity index is 1100. The fraction of sp³-hybridized carbons (Fsp3) is 0.565. The topological polar surface area (TPSA) is 58.8 Å². The van der Waals surface area contributed by atoms with Crippen LogP contribution < -0.4 is 9.75 Å². The van der Waals surface area contributed by atoms with E-state index in [2.05, 4.69) is 4.98 Å². The van der Waals surface area contributed by atoms with E-state index in [-0.39, 0.29) is 17.8 Å². The lowest BCUT2D eigenvalue weighted by atomic mass is 9.87. The van der Waals surface area contributed by atoms with E-state index < -0.39 is 47.3 Å². The highest BCUT2D eigenvalue weighted by Crippen LogP contribution is 2.53. The number of alkyl halides is 3. The number of benzene rings is 1. The van der Waals surface area contributed by atoms with Crippen LogP contribution >= 0.6 is 0 Å². The summed E-state index contributed by atoms with van der Waals surface area (Å²) < 4.78 is 79.4. The Morgan fingerprint density at radius 3 is 2.38 bits per heavy atom. The Labute approximate surface area is 191 Å². The SMILES string of the molecule is O=C(c1ncoc1CC(F)(F)F)N(c1cc(F)c(OC2CC3CC3C2)c(F)c1)N1CC2CC1C2. The average Bonchev–Trinajstić information content (AvgIpc) is 3.19. The van der Waals surface area contributed by atoms with Crippen LogP contribution in [0.4, 0.5) is 27.6 Å². The fourth-order valence-corrected chi connectivity index (χ4v) is 5.69. The van der Waals surface area contributed by atoms with E-state index in [4.69, 9.17) is 9.15 Å². The summed E-state index contributed by atoms with van der Waals surface area (Å²) in [5.41, 5.74) is -0.664. The maximum atomic E-state index is 15.0. The first-order valence-electron chi connectivity index (χ1n) is 11.4. The standard InChI is InChI=1S/C23H22F5N3O3/c24-17-6-15(7-18(25)21(17)34-16-4-12-3-13(12)5-16)31(30-9-11-1-14(30)2-11)22(32)20-19(33-10-29-20)8-23(26,27)28/h6-7,10-14,16H,1-5,8-9H2. The van der Waals surface area contributed by atoms with Gasteiger partial charge >= 0.3 is 6.18 Å². The maximum Gasteiger partial charge on any atom is 0.396 e. The van der Waals surface area contributed by atoms with E-state index in [9.17, 15) is 18.0 Å². The molecule has 1 amide bonds. The van der Waals surface area contributed by atoms with Gasteiger partial charge in [-0.25, -0.2) is 23.8 Å². The fourth-order valence-electron chi connectivity index (χ4n) is 5.69. The molecular formula is C23H22F5N3O3. The van der Waals surface area contributed by atoms with Gasteiger partial charge in [0, 0.05) is 24.7 Å². The zero-order chi connectivity index (χ0) is 23.8. The molecule has 0 radical (unpaired) electrons. The number of hydrogen-bond donors (Lipinski definition) is 0. The van der Waals surface area contributed by atoms with Gasteiger partial charge in [-0.15, -0.1) is 0 Å². The predicted molar refractivity (Wildman–Crippen MR) is 108 cm³/mol. The molecule has 3 heterocycles. The molecule has 34 heavy (non-hydrogen) atoms. The third-order valence-electron chi connectivity index (χ3n) is 7.44. The molecule has 7 rings (SSSR count). The number of oxazole rings is 1. The van der Waals surface area contributed by atoms with Gasteiger partial charge in [-0.2, -0.15) is 13.2 Å². The minimum absolute atomic E-state index is 0.0424. The summed E-state index contributed by atoms with van der Waals surface area (Å²) >= 11 is 0. The number of aromatic nitrogens is 1. The second-order valence-corrected chi connectivity index (χ2v) is 9.85. The normalized spacial score (nSPS) is 29.6. The number of amides is 1. The zero-order valence-corrected chi connectivity index (χ0v) is 18.0. The van der Waals surface area contributed by atoms with E-state index in [0.717, 1.165) is 55.6 Å². The zero-order valence-electron chi connectivity index (χ0n) is 18.0. The van der Waals surface area contributed by atoms with Crippen molar-refractivity contribution in [1.82, 2.24) is 9.99 Å². The molecule has 3 saturated carbocycles. The molecule has 2 bridgehead atoms. The summed E-state index contributed by atoms with van der Waals surface area (Å²) in [6.45, 7) is 0.454. The Morgan fingerprint density at radius 2 is 1.79 bits per heavy atom. The smallest absolute Gasteiger partial charge is 0.396 e. The monoisotopic (exact) mass is 483 g/mol. The van der Waals surface area contributed by atoms with Crippen LogP contribution in [-0.2, 0) is 6.42 Å². The third-order valence-corrected chi connectivity index (χ3v) is 7.44. The van der Waals surface area contributed by atoms with Crippen LogP contribution in [0.1, 0.15) is 48.4 Å². The second-order valence-electron chi connectivity index (χ2n) is 9.85. The highest BCUT2D eigenvalue weighted by atomic mass is 19.4. The first-order chi connectivity index (χ1) is 16.2. The van der Waals surface area contributed by atoms with E-state index in [1.807, 2.05) is 0 Å². The van der Waals surface area contributed by atoms with E-state index in [0.29, 0.717) is 24.3 Å². The predicted octanol–water partition coefficient (Wildman–Crippen LogP) is 4.89. The molecule has 0 spiro atoms. The number of halogens is 5. The number of hydrazine groups is 1. The molecule has 1 aromatic carbocycles. The maximum absolute atomic E-state index is 15.0. The minimum Gasteiger partial charge on any atom is -0.484 e. The number of fused-ring (bicyclic) bond motifs is 2. The van der Waals surface area contributed by atoms with Gasteiger partial charge in [-0.05, 0) is 49.9 Å². The van der Waals surface area contributed by atoms with Gasteiger partial charge in [0.1, 0.15) is 12.2 Å². The Balaban J connectivity index is 1.32. The van der Waals surface area contributed by atoms with E-state index in [1.165, 1.54) is 0 Å². The molecule has 5 aliphatic rings. The number of rotatable bonds is 6. The minimum atomic E-state index is -4.62. The van der Waals surface area contributed by atoms with Crippen molar-refractivity contribution in [2.45, 2.75) is 56.8 Å². The van der Waals surface area contributed by atoms with Crippen LogP contribution in [0.3, 0.4) is 0 Å². The van der Waals surface area contributed by atoms with Crippen molar-refractivity contribution in [1.29, 1.82) is 0 Å². The molecule has 2 saturated heterocycles. The number of hydrogen-bond acceptors (Lipinski definition) is 5. The second kappa shape index (κ2) is 7.66. The summed E-state index contributed by atoms with van der Waals surface area (Å²) in [7, 11) is 0. The van der Waals surface area contributed by atoms with Crippen molar-refractivity contribution in [3.63, 3.8) is 0 Å². The summed E-state index contributed by atoms with van der Waals surface area (Å²) in [5, 5.41) is 2.69. The van der Waals surface area contributed by atoms with Gasteiger partial charge in [-0.3, -0.25) is 4.79 Å². The average molecular weight is 483 g/mol. The molecular weight excluding hydrogens is 461 g/mol. The molecule has 2 atom stereocenters. The molecule has 2 aromatic rings. The lowest BCUT2D eigenvalue weighted by molar-refractivity contribution is -0.130. The van der Waals surface area contributed by atoms with Crippen LogP contribution in [0.2, 0.25) is 0 Å². The quantitative estimate of drug-likeness (QED) is 0.548. The van der Waals surface area contributed by atoms with Gasteiger partial charge in [0.2, 0.25) is 0 Å². The molecule has 1 aromatic heterocycles. The van der Waals surface area contributed by atoms with Crippen molar-refractivity contribution in [3.8, 4) is 5.75 Å². The number of carbonyl (C=O) groups is 1. The van der Waals surface area contributed by atoms with Crippen LogP contribution in [0.5, 0.6) is 5.75 Å². The lowest BCUT2D eigenvalue weighted by Gasteiger charge is -2.35. The van der Waals surface area contributed by atoms with Crippen molar-refractivity contribution in [2.75, 3.05) is 11.6 Å². The molecule has 2 unspecified atom stereocenters. The van der Waals surface area contributed by atoms with E-state index >= 15 is 8.78 Å². The van der Waals surface area contributed by atoms with Gasteiger partial charge in [0.25, 0.3) is 5.91 Å². The highest BCUT2D eigenvalue weighted by molar-refractivity contribution is 6.05. The van der Waals surface area contributed by atoms with E-state index in [1.54, 1.807) is 5.01 Å². The first kappa shape index (κ1) is 21.8. The Hall–Kier alpha value is -2.69. The van der Waals surface area contributed by atoms with Gasteiger partial charge < -0.3 is 9.15 Å². The molecule has 11 heteroatoms. The molecule has 2 aliphatic heterocycles. The van der Waals surface area contributed by atoms with Crippen LogP contribution in [0.25, 0.3) is 0 Å².